The van der Waals surface area contributed by atoms with Crippen LogP contribution in [0.15, 0.2) is 24.5 Å². The first kappa shape index (κ1) is 17.7. The number of alkyl halides is 2. The van der Waals surface area contributed by atoms with Gasteiger partial charge in [0.1, 0.15) is 5.52 Å². The number of nitrogens with one attached hydrogen (secondary N) is 2. The fourth-order valence-electron chi connectivity index (χ4n) is 3.39. The second kappa shape index (κ2) is 7.47. The third-order valence-electron chi connectivity index (χ3n) is 4.83. The van der Waals surface area contributed by atoms with E-state index >= 15 is 0 Å². The molecule has 0 unspecified atom stereocenters. The molecule has 0 aromatic carbocycles. The Morgan fingerprint density at radius 3 is 2.93 bits per heavy atom. The van der Waals surface area contributed by atoms with Gasteiger partial charge in [-0.1, -0.05) is 0 Å². The number of rotatable bonds is 6. The number of hydrogen-bond donors (Lipinski definition) is 2. The molecule has 10 heteroatoms. The van der Waals surface area contributed by atoms with Crippen LogP contribution in [-0.4, -0.2) is 44.6 Å². The van der Waals surface area contributed by atoms with E-state index in [0.29, 0.717) is 17.6 Å². The lowest BCUT2D eigenvalue weighted by molar-refractivity contribution is -0.0528. The van der Waals surface area contributed by atoms with E-state index in [-0.39, 0.29) is 11.9 Å². The molecule has 0 amide bonds. The maximum absolute atomic E-state index is 12.2. The molecule has 1 saturated heterocycles. The second-order valence-electron chi connectivity index (χ2n) is 6.50. The summed E-state index contributed by atoms with van der Waals surface area (Å²) in [5.74, 6) is 1.18. The maximum atomic E-state index is 12.2. The Balaban J connectivity index is 1.55. The van der Waals surface area contributed by atoms with Crippen molar-refractivity contribution in [3.63, 3.8) is 0 Å². The zero-order valence-corrected chi connectivity index (χ0v) is 14.7. The monoisotopic (exact) mass is 378 g/mol. The highest BCUT2D eigenvalue weighted by atomic mass is 19.3. The predicted molar refractivity (Wildman–Crippen MR) is 94.3 cm³/mol. The van der Waals surface area contributed by atoms with Crippen molar-refractivity contribution in [2.75, 3.05) is 18.5 Å². The number of ether oxygens (including phenoxy) is 2. The highest BCUT2D eigenvalue weighted by Crippen LogP contribution is 2.30. The van der Waals surface area contributed by atoms with Gasteiger partial charge in [0.15, 0.2) is 17.3 Å². The molecule has 1 fully saturated rings. The van der Waals surface area contributed by atoms with Gasteiger partial charge in [-0.25, -0.2) is 15.1 Å². The first-order valence-electron chi connectivity index (χ1n) is 8.79. The van der Waals surface area contributed by atoms with Crippen molar-refractivity contribution in [3.05, 3.63) is 24.5 Å². The third kappa shape index (κ3) is 3.85. The van der Waals surface area contributed by atoms with Gasteiger partial charge in [-0.15, -0.1) is 0 Å². The van der Waals surface area contributed by atoms with Crippen molar-refractivity contribution in [2.24, 2.45) is 5.92 Å². The number of anilines is 2. The summed E-state index contributed by atoms with van der Waals surface area (Å²) in [4.78, 5) is 9.05. The minimum atomic E-state index is -2.91. The van der Waals surface area contributed by atoms with Crippen molar-refractivity contribution >= 4 is 22.8 Å². The standard InChI is InChI=1S/C17H20F2N6O2/c1-10(11-3-6-26-7-4-11)25-5-2-12-16(25)22-14(9-20-12)21-13-8-15(24-23-13)27-17(18)19/h2,5,8-11,17H,3-4,6-7H2,1H3,(H2,21,22,23,24)/t10-/m0/s1. The summed E-state index contributed by atoms with van der Waals surface area (Å²) in [5, 5.41) is 9.21. The zero-order chi connectivity index (χ0) is 18.8. The molecule has 0 radical (unpaired) electrons. The topological polar surface area (TPSA) is 89.9 Å². The molecule has 0 bridgehead atoms. The van der Waals surface area contributed by atoms with Crippen LogP contribution in [0.3, 0.4) is 0 Å². The molecule has 0 aliphatic carbocycles. The minimum Gasteiger partial charge on any atom is -0.417 e. The summed E-state index contributed by atoms with van der Waals surface area (Å²) in [6.45, 7) is 0.840. The number of halogens is 2. The lowest BCUT2D eigenvalue weighted by atomic mass is 9.93. The maximum Gasteiger partial charge on any atom is 0.388 e. The molecule has 1 atom stereocenters. The Hall–Kier alpha value is -2.75. The number of aromatic amines is 1. The van der Waals surface area contributed by atoms with Gasteiger partial charge >= 0.3 is 6.61 Å². The molecule has 1 aliphatic rings. The minimum absolute atomic E-state index is 0.127. The van der Waals surface area contributed by atoms with Crippen molar-refractivity contribution in [3.8, 4) is 5.88 Å². The van der Waals surface area contributed by atoms with Gasteiger partial charge < -0.3 is 19.4 Å². The summed E-state index contributed by atoms with van der Waals surface area (Å²) in [6.07, 6.45) is 5.62. The normalized spacial score (nSPS) is 16.7. The van der Waals surface area contributed by atoms with Gasteiger partial charge in [-0.2, -0.15) is 13.9 Å². The van der Waals surface area contributed by atoms with Crippen LogP contribution in [0.1, 0.15) is 25.8 Å². The Bertz CT molecular complexity index is 906. The first-order valence-corrected chi connectivity index (χ1v) is 8.79. The largest absolute Gasteiger partial charge is 0.417 e. The van der Waals surface area contributed by atoms with Crippen molar-refractivity contribution in [2.45, 2.75) is 32.4 Å². The van der Waals surface area contributed by atoms with Gasteiger partial charge in [-0.05, 0) is 31.7 Å². The molecule has 0 spiro atoms. The number of hydrogen-bond acceptors (Lipinski definition) is 6. The predicted octanol–water partition coefficient (Wildman–Crippen LogP) is 3.49. The molecule has 2 N–H and O–H groups in total. The molecule has 0 saturated carbocycles. The summed E-state index contributed by atoms with van der Waals surface area (Å²) in [7, 11) is 0. The molecule has 4 heterocycles. The number of H-pyrrole nitrogens is 1. The summed E-state index contributed by atoms with van der Waals surface area (Å²) in [6, 6.07) is 3.54. The lowest BCUT2D eigenvalue weighted by Gasteiger charge is -2.29. The van der Waals surface area contributed by atoms with Crippen LogP contribution >= 0.6 is 0 Å². The second-order valence-corrected chi connectivity index (χ2v) is 6.50. The van der Waals surface area contributed by atoms with Gasteiger partial charge in [0, 0.05) is 31.5 Å². The molecule has 27 heavy (non-hydrogen) atoms. The van der Waals surface area contributed by atoms with E-state index in [0.717, 1.165) is 37.2 Å². The molecule has 1 aliphatic heterocycles. The quantitative estimate of drug-likeness (QED) is 0.682. The van der Waals surface area contributed by atoms with E-state index in [9.17, 15) is 8.78 Å². The van der Waals surface area contributed by atoms with Crippen molar-refractivity contribution < 1.29 is 18.3 Å². The Labute approximate surface area is 153 Å². The highest BCUT2D eigenvalue weighted by Gasteiger charge is 2.23. The van der Waals surface area contributed by atoms with E-state index in [1.807, 2.05) is 12.3 Å². The average molecular weight is 378 g/mol. The summed E-state index contributed by atoms with van der Waals surface area (Å²) >= 11 is 0. The van der Waals surface area contributed by atoms with Gasteiger partial charge in [0.05, 0.1) is 6.20 Å². The Morgan fingerprint density at radius 2 is 2.15 bits per heavy atom. The molecule has 3 aromatic heterocycles. The molecule has 8 nitrogen and oxygen atoms in total. The highest BCUT2D eigenvalue weighted by molar-refractivity contribution is 5.73. The number of aromatic nitrogens is 5. The van der Waals surface area contributed by atoms with E-state index in [2.05, 4.69) is 41.7 Å². The van der Waals surface area contributed by atoms with Crippen LogP contribution < -0.4 is 10.1 Å². The van der Waals surface area contributed by atoms with Crippen LogP contribution in [0.2, 0.25) is 0 Å². The van der Waals surface area contributed by atoms with Gasteiger partial charge in [-0.3, -0.25) is 0 Å². The van der Waals surface area contributed by atoms with E-state index < -0.39 is 6.61 Å². The van der Waals surface area contributed by atoms with Crippen molar-refractivity contribution in [1.82, 2.24) is 24.7 Å². The Morgan fingerprint density at radius 1 is 1.33 bits per heavy atom. The van der Waals surface area contributed by atoms with Crippen molar-refractivity contribution in [1.29, 1.82) is 0 Å². The average Bonchev–Trinajstić information content (AvgIpc) is 3.28. The van der Waals surface area contributed by atoms with Gasteiger partial charge in [0.25, 0.3) is 0 Å². The fourth-order valence-corrected chi connectivity index (χ4v) is 3.39. The first-order chi connectivity index (χ1) is 13.1. The molecule has 4 rings (SSSR count). The smallest absolute Gasteiger partial charge is 0.388 e. The van der Waals surface area contributed by atoms with Crippen LogP contribution in [0, 0.1) is 5.92 Å². The van der Waals surface area contributed by atoms with E-state index in [1.54, 1.807) is 6.20 Å². The van der Waals surface area contributed by atoms with E-state index in [1.165, 1.54) is 6.07 Å². The Kier molecular flexibility index (Phi) is 4.88. The zero-order valence-electron chi connectivity index (χ0n) is 14.7. The summed E-state index contributed by atoms with van der Waals surface area (Å²) in [5.41, 5.74) is 1.56. The molecule has 3 aromatic rings. The van der Waals surface area contributed by atoms with Gasteiger partial charge in [0.2, 0.25) is 5.88 Å². The van der Waals surface area contributed by atoms with E-state index in [4.69, 9.17) is 4.74 Å². The number of fused-ring (bicyclic) bond motifs is 1. The third-order valence-corrected chi connectivity index (χ3v) is 4.83. The molecule has 144 valence electrons. The SMILES string of the molecule is C[C@@H](C1CCOCC1)n1ccc2ncc(Nc3cc(OC(F)F)[nH]n3)nc21. The van der Waals surface area contributed by atoms with Crippen LogP contribution in [-0.2, 0) is 4.74 Å². The van der Waals surface area contributed by atoms with Crippen LogP contribution in [0.4, 0.5) is 20.4 Å². The molecular weight excluding hydrogens is 358 g/mol. The van der Waals surface area contributed by atoms with Crippen LogP contribution in [0.5, 0.6) is 5.88 Å². The fraction of sp³-hybridized carbons (Fsp3) is 0.471. The number of nitrogens with zero attached hydrogens (tertiary/aromatic N) is 4. The van der Waals surface area contributed by atoms with Crippen LogP contribution in [0.25, 0.3) is 11.2 Å². The lowest BCUT2D eigenvalue weighted by Crippen LogP contribution is -2.24. The molecular formula is C17H20F2N6O2. The summed E-state index contributed by atoms with van der Waals surface area (Å²) < 4.78 is 36.3.